The van der Waals surface area contributed by atoms with Crippen LogP contribution in [0.25, 0.3) is 0 Å². The van der Waals surface area contributed by atoms with E-state index < -0.39 is 5.97 Å². The van der Waals surface area contributed by atoms with Gasteiger partial charge >= 0.3 is 5.97 Å². The highest BCUT2D eigenvalue weighted by Crippen LogP contribution is 2.28. The van der Waals surface area contributed by atoms with E-state index in [9.17, 15) is 9.59 Å². The van der Waals surface area contributed by atoms with Crippen LogP contribution in [0.5, 0.6) is 11.5 Å². The van der Waals surface area contributed by atoms with Crippen molar-refractivity contribution in [2.45, 2.75) is 59.2 Å². The first-order chi connectivity index (χ1) is 10.3. The summed E-state index contributed by atoms with van der Waals surface area (Å²) in [7, 11) is 0. The molecule has 0 amide bonds. The van der Waals surface area contributed by atoms with Gasteiger partial charge in [0.1, 0.15) is 11.5 Å². The Labute approximate surface area is 131 Å². The van der Waals surface area contributed by atoms with Crippen molar-refractivity contribution >= 4 is 11.8 Å². The molecule has 5 nitrogen and oxygen atoms in total. The molecule has 5 heteroatoms. The first kappa shape index (κ1) is 18.0. The number of rotatable bonds is 9. The number of aliphatic carboxylic acids is 1. The molecule has 1 N–H and O–H groups in total. The average Bonchev–Trinajstić information content (AvgIpc) is 2.36. The Morgan fingerprint density at radius 3 is 2.23 bits per heavy atom. The maximum atomic E-state index is 12.2. The Bertz CT molecular complexity index is 520. The molecule has 0 atom stereocenters. The van der Waals surface area contributed by atoms with E-state index in [0.717, 1.165) is 0 Å². The minimum Gasteiger partial charge on any atom is -0.491 e. The third-order valence-corrected chi connectivity index (χ3v) is 2.78. The number of carboxylic acid groups (broad SMARTS) is 1. The van der Waals surface area contributed by atoms with Gasteiger partial charge in [-0.2, -0.15) is 0 Å². The summed E-state index contributed by atoms with van der Waals surface area (Å²) >= 11 is 0. The zero-order chi connectivity index (χ0) is 16.7. The van der Waals surface area contributed by atoms with Crippen molar-refractivity contribution in [1.82, 2.24) is 0 Å². The monoisotopic (exact) mass is 308 g/mol. The van der Waals surface area contributed by atoms with E-state index >= 15 is 0 Å². The third kappa shape index (κ3) is 6.16. The minimum atomic E-state index is -0.896. The number of benzene rings is 1. The molecule has 122 valence electrons. The van der Waals surface area contributed by atoms with Crippen molar-refractivity contribution in [3.63, 3.8) is 0 Å². The van der Waals surface area contributed by atoms with Gasteiger partial charge in [0.2, 0.25) is 0 Å². The first-order valence-electron chi connectivity index (χ1n) is 7.52. The quantitative estimate of drug-likeness (QED) is 0.704. The fraction of sp³-hybridized carbons (Fsp3) is 0.529. The molecule has 0 aliphatic rings. The fourth-order valence-electron chi connectivity index (χ4n) is 1.96. The van der Waals surface area contributed by atoms with E-state index in [1.54, 1.807) is 18.2 Å². The second-order valence-corrected chi connectivity index (χ2v) is 5.66. The summed E-state index contributed by atoms with van der Waals surface area (Å²) in [5, 5.41) is 8.64. The highest BCUT2D eigenvalue weighted by atomic mass is 16.5. The van der Waals surface area contributed by atoms with Gasteiger partial charge in [-0.25, -0.2) is 0 Å². The Hall–Kier alpha value is -2.04. The van der Waals surface area contributed by atoms with Crippen LogP contribution in [-0.4, -0.2) is 29.1 Å². The SMILES string of the molecule is CC(C)Oc1ccc(C(=O)CCCC(=O)O)c(OC(C)C)c1. The molecule has 0 radical (unpaired) electrons. The van der Waals surface area contributed by atoms with Gasteiger partial charge < -0.3 is 14.6 Å². The van der Waals surface area contributed by atoms with Crippen molar-refractivity contribution in [2.24, 2.45) is 0 Å². The van der Waals surface area contributed by atoms with Gasteiger partial charge in [-0.1, -0.05) is 0 Å². The molecule has 1 aromatic carbocycles. The highest BCUT2D eigenvalue weighted by Gasteiger charge is 2.15. The Kier molecular flexibility index (Phi) is 6.89. The molecule has 0 aliphatic carbocycles. The summed E-state index contributed by atoms with van der Waals surface area (Å²) in [5.41, 5.74) is 0.468. The number of hydrogen-bond donors (Lipinski definition) is 1. The van der Waals surface area contributed by atoms with Gasteiger partial charge in [0, 0.05) is 18.9 Å². The Morgan fingerprint density at radius 1 is 1.05 bits per heavy atom. The molecule has 0 unspecified atom stereocenters. The van der Waals surface area contributed by atoms with Crippen LogP contribution < -0.4 is 9.47 Å². The molecule has 0 aliphatic heterocycles. The summed E-state index contributed by atoms with van der Waals surface area (Å²) in [6, 6.07) is 5.13. The Morgan fingerprint density at radius 2 is 1.68 bits per heavy atom. The average molecular weight is 308 g/mol. The summed E-state index contributed by atoms with van der Waals surface area (Å²) in [4.78, 5) is 22.8. The van der Waals surface area contributed by atoms with E-state index in [2.05, 4.69) is 0 Å². The summed E-state index contributed by atoms with van der Waals surface area (Å²) in [6.45, 7) is 7.62. The zero-order valence-corrected chi connectivity index (χ0v) is 13.6. The number of carbonyl (C=O) groups excluding carboxylic acids is 1. The van der Waals surface area contributed by atoms with Gasteiger partial charge in [-0.05, 0) is 46.2 Å². The molecule has 0 spiro atoms. The molecule has 22 heavy (non-hydrogen) atoms. The summed E-state index contributed by atoms with van der Waals surface area (Å²) < 4.78 is 11.3. The van der Waals surface area contributed by atoms with Crippen LogP contribution in [-0.2, 0) is 4.79 Å². The molecular weight excluding hydrogens is 284 g/mol. The van der Waals surface area contributed by atoms with Crippen LogP contribution in [0, 0.1) is 0 Å². The lowest BCUT2D eigenvalue weighted by atomic mass is 10.0. The Balaban J connectivity index is 2.91. The number of ether oxygens (including phenoxy) is 2. The van der Waals surface area contributed by atoms with Gasteiger partial charge in [0.05, 0.1) is 17.8 Å². The van der Waals surface area contributed by atoms with Gasteiger partial charge in [-0.15, -0.1) is 0 Å². The van der Waals surface area contributed by atoms with E-state index in [4.69, 9.17) is 14.6 Å². The van der Waals surface area contributed by atoms with Gasteiger partial charge in [-0.3, -0.25) is 9.59 Å². The lowest BCUT2D eigenvalue weighted by Gasteiger charge is -2.16. The molecule has 0 saturated heterocycles. The predicted octanol–water partition coefficient (Wildman–Crippen LogP) is 3.70. The third-order valence-electron chi connectivity index (χ3n) is 2.78. The molecule has 0 aromatic heterocycles. The molecule has 0 heterocycles. The predicted molar refractivity (Wildman–Crippen MR) is 83.8 cm³/mol. The van der Waals surface area contributed by atoms with Crippen molar-refractivity contribution in [3.8, 4) is 11.5 Å². The number of carboxylic acids is 1. The standard InChI is InChI=1S/C17H24O5/c1-11(2)21-13-8-9-14(16(10-13)22-12(3)4)15(18)6-5-7-17(19)20/h8-12H,5-7H2,1-4H3,(H,19,20). The van der Waals surface area contributed by atoms with E-state index in [0.29, 0.717) is 23.5 Å². The van der Waals surface area contributed by atoms with Crippen LogP contribution in [0.15, 0.2) is 18.2 Å². The smallest absolute Gasteiger partial charge is 0.303 e. The van der Waals surface area contributed by atoms with Gasteiger partial charge in [0.25, 0.3) is 0 Å². The lowest BCUT2D eigenvalue weighted by molar-refractivity contribution is -0.137. The minimum absolute atomic E-state index is 0.0132. The summed E-state index contributed by atoms with van der Waals surface area (Å²) in [5.74, 6) is 0.112. The van der Waals surface area contributed by atoms with Gasteiger partial charge in [0.15, 0.2) is 5.78 Å². The topological polar surface area (TPSA) is 72.8 Å². The van der Waals surface area contributed by atoms with E-state index in [1.165, 1.54) is 0 Å². The van der Waals surface area contributed by atoms with E-state index in [1.807, 2.05) is 27.7 Å². The highest BCUT2D eigenvalue weighted by molar-refractivity contribution is 5.99. The van der Waals surface area contributed by atoms with Crippen molar-refractivity contribution in [3.05, 3.63) is 23.8 Å². The van der Waals surface area contributed by atoms with Crippen LogP contribution >= 0.6 is 0 Å². The van der Waals surface area contributed by atoms with Crippen molar-refractivity contribution in [2.75, 3.05) is 0 Å². The molecule has 0 saturated carbocycles. The molecule has 1 rings (SSSR count). The second-order valence-electron chi connectivity index (χ2n) is 5.66. The molecule has 0 bridgehead atoms. The summed E-state index contributed by atoms with van der Waals surface area (Å²) in [6.07, 6.45) is 0.453. The number of ketones is 1. The van der Waals surface area contributed by atoms with E-state index in [-0.39, 0.29) is 30.8 Å². The molecular formula is C17H24O5. The number of carbonyl (C=O) groups is 2. The molecule has 1 aromatic rings. The maximum Gasteiger partial charge on any atom is 0.303 e. The fourth-order valence-corrected chi connectivity index (χ4v) is 1.96. The number of hydrogen-bond acceptors (Lipinski definition) is 4. The van der Waals surface area contributed by atoms with Crippen molar-refractivity contribution < 1.29 is 24.2 Å². The first-order valence-corrected chi connectivity index (χ1v) is 7.52. The molecule has 0 fully saturated rings. The number of Topliss-reactive ketones (excluding diaryl/α,β-unsaturated/α-hetero) is 1. The zero-order valence-electron chi connectivity index (χ0n) is 13.6. The van der Waals surface area contributed by atoms with Crippen LogP contribution in [0.1, 0.15) is 57.3 Å². The maximum absolute atomic E-state index is 12.2. The van der Waals surface area contributed by atoms with Crippen LogP contribution in [0.4, 0.5) is 0 Å². The van der Waals surface area contributed by atoms with Crippen LogP contribution in [0.3, 0.4) is 0 Å². The second kappa shape index (κ2) is 8.41. The van der Waals surface area contributed by atoms with Crippen LogP contribution in [0.2, 0.25) is 0 Å². The largest absolute Gasteiger partial charge is 0.491 e. The normalized spacial score (nSPS) is 10.8. The lowest BCUT2D eigenvalue weighted by Crippen LogP contribution is -2.12. The van der Waals surface area contributed by atoms with Crippen molar-refractivity contribution in [1.29, 1.82) is 0 Å².